The predicted octanol–water partition coefficient (Wildman–Crippen LogP) is 3.95. The maximum atomic E-state index is 11.6. The van der Waals surface area contributed by atoms with Crippen LogP contribution in [-0.2, 0) is 26.3 Å². The third kappa shape index (κ3) is 4.94. The molecule has 4 rings (SSSR count). The van der Waals surface area contributed by atoms with Crippen molar-refractivity contribution in [2.45, 2.75) is 26.3 Å². The number of ether oxygens (including phenoxy) is 1. The Kier molecular flexibility index (Phi) is 6.23. The quantitative estimate of drug-likeness (QED) is 0.433. The lowest BCUT2D eigenvalue weighted by Gasteiger charge is -2.15. The van der Waals surface area contributed by atoms with Gasteiger partial charge in [0.2, 0.25) is 0 Å². The van der Waals surface area contributed by atoms with Crippen LogP contribution in [0, 0.1) is 0 Å². The molecule has 2 aromatic carbocycles. The Labute approximate surface area is 178 Å². The minimum Gasteiger partial charge on any atom is -0.489 e. The van der Waals surface area contributed by atoms with E-state index in [0.717, 1.165) is 23.7 Å². The summed E-state index contributed by atoms with van der Waals surface area (Å²) in [7, 11) is 2.08. The maximum Gasteiger partial charge on any atom is 0.336 e. The second kappa shape index (κ2) is 9.21. The summed E-state index contributed by atoms with van der Waals surface area (Å²) in [6, 6.07) is 14.9. The third-order valence-electron chi connectivity index (χ3n) is 4.74. The molecule has 0 saturated carbocycles. The fourth-order valence-electron chi connectivity index (χ4n) is 3.27. The number of benzene rings is 2. The van der Waals surface area contributed by atoms with Crippen LogP contribution in [0.4, 0.5) is 0 Å². The van der Waals surface area contributed by atoms with Crippen molar-refractivity contribution in [1.29, 1.82) is 0 Å². The second-order valence-corrected chi connectivity index (χ2v) is 8.09. The van der Waals surface area contributed by atoms with Crippen LogP contribution in [0.2, 0.25) is 0 Å². The molecule has 0 radical (unpaired) electrons. The molecule has 0 amide bonds. The molecule has 30 heavy (non-hydrogen) atoms. The summed E-state index contributed by atoms with van der Waals surface area (Å²) in [5.74, 6) is 0.605. The summed E-state index contributed by atoms with van der Waals surface area (Å²) in [6.07, 6.45) is 1.83. The molecule has 0 aliphatic carbocycles. The molecular formula is C23H22N2O4S. The third-order valence-corrected chi connectivity index (χ3v) is 5.51. The molecule has 154 valence electrons. The van der Waals surface area contributed by atoms with Gasteiger partial charge in [0.25, 0.3) is 0 Å². The van der Waals surface area contributed by atoms with Gasteiger partial charge < -0.3 is 14.3 Å². The van der Waals surface area contributed by atoms with E-state index in [-0.39, 0.29) is 6.61 Å². The van der Waals surface area contributed by atoms with E-state index in [0.29, 0.717) is 28.9 Å². The summed E-state index contributed by atoms with van der Waals surface area (Å²) in [5.41, 5.74) is 2.74. The van der Waals surface area contributed by atoms with Gasteiger partial charge in [0.15, 0.2) is 0 Å². The van der Waals surface area contributed by atoms with Gasteiger partial charge in [-0.15, -0.1) is 11.3 Å². The lowest BCUT2D eigenvalue weighted by Crippen LogP contribution is -2.17. The Bertz CT molecular complexity index is 1170. The lowest BCUT2D eigenvalue weighted by atomic mass is 10.1. The molecule has 6 nitrogen and oxygen atoms in total. The summed E-state index contributed by atoms with van der Waals surface area (Å²) in [4.78, 5) is 18.2. The van der Waals surface area contributed by atoms with E-state index < -0.39 is 5.63 Å². The van der Waals surface area contributed by atoms with Gasteiger partial charge >= 0.3 is 5.63 Å². The van der Waals surface area contributed by atoms with Crippen LogP contribution in [0.15, 0.2) is 69.3 Å². The van der Waals surface area contributed by atoms with E-state index in [9.17, 15) is 9.90 Å². The molecule has 2 aromatic heterocycles. The number of aromatic nitrogens is 1. The second-order valence-electron chi connectivity index (χ2n) is 7.11. The fourth-order valence-corrected chi connectivity index (χ4v) is 3.96. The highest BCUT2D eigenvalue weighted by Gasteiger charge is 2.07. The molecule has 2 heterocycles. The zero-order valence-corrected chi connectivity index (χ0v) is 17.4. The number of hydrogen-bond acceptors (Lipinski definition) is 7. The van der Waals surface area contributed by atoms with E-state index in [4.69, 9.17) is 9.15 Å². The highest BCUT2D eigenvalue weighted by atomic mass is 32.1. The Hall–Kier alpha value is -3.00. The van der Waals surface area contributed by atoms with Crippen molar-refractivity contribution >= 4 is 22.3 Å². The van der Waals surface area contributed by atoms with Crippen molar-refractivity contribution < 1.29 is 14.3 Å². The molecule has 0 aliphatic heterocycles. The van der Waals surface area contributed by atoms with Gasteiger partial charge in [0.1, 0.15) is 22.9 Å². The van der Waals surface area contributed by atoms with Crippen LogP contribution in [0.1, 0.15) is 21.7 Å². The molecule has 0 bridgehead atoms. The summed E-state index contributed by atoms with van der Waals surface area (Å²) >= 11 is 1.67. The number of rotatable bonds is 8. The summed E-state index contributed by atoms with van der Waals surface area (Å²) < 4.78 is 11.1. The zero-order chi connectivity index (χ0) is 20.9. The van der Waals surface area contributed by atoms with Crippen molar-refractivity contribution in [3.8, 4) is 5.75 Å². The number of aliphatic hydroxyl groups excluding tert-OH is 1. The molecular weight excluding hydrogens is 400 g/mol. The van der Waals surface area contributed by atoms with E-state index in [1.54, 1.807) is 23.5 Å². The Morgan fingerprint density at radius 3 is 2.63 bits per heavy atom. The number of thiazole rings is 1. The molecule has 1 N–H and O–H groups in total. The van der Waals surface area contributed by atoms with E-state index in [2.05, 4.69) is 41.2 Å². The minimum absolute atomic E-state index is 0.215. The minimum atomic E-state index is -0.487. The lowest BCUT2D eigenvalue weighted by molar-refractivity contribution is 0.282. The first kappa shape index (κ1) is 20.3. The molecule has 0 atom stereocenters. The van der Waals surface area contributed by atoms with Crippen LogP contribution in [-0.4, -0.2) is 22.0 Å². The standard InChI is InChI=1S/C23H22N2O4S/c1-25(13-22-24-8-9-30-22)12-16-2-4-17(5-3-16)15-28-19-6-7-20-18(14-26)10-23(27)29-21(20)11-19/h2-11,26H,12-15H2,1H3. The Balaban J connectivity index is 1.37. The van der Waals surface area contributed by atoms with Crippen LogP contribution in [0.3, 0.4) is 0 Å². The Morgan fingerprint density at radius 1 is 1.10 bits per heavy atom. The zero-order valence-electron chi connectivity index (χ0n) is 16.6. The highest BCUT2D eigenvalue weighted by Crippen LogP contribution is 2.23. The van der Waals surface area contributed by atoms with E-state index in [1.165, 1.54) is 11.6 Å². The molecule has 0 spiro atoms. The normalized spacial score (nSPS) is 11.3. The van der Waals surface area contributed by atoms with Crippen LogP contribution in [0.5, 0.6) is 5.75 Å². The van der Waals surface area contributed by atoms with Crippen molar-refractivity contribution in [2.24, 2.45) is 0 Å². The van der Waals surface area contributed by atoms with Gasteiger partial charge in [0, 0.05) is 35.6 Å². The molecule has 0 saturated heterocycles. The van der Waals surface area contributed by atoms with Gasteiger partial charge in [0.05, 0.1) is 13.2 Å². The average molecular weight is 423 g/mol. The van der Waals surface area contributed by atoms with E-state index in [1.807, 2.05) is 17.6 Å². The largest absolute Gasteiger partial charge is 0.489 e. The molecule has 0 fully saturated rings. The average Bonchev–Trinajstić information content (AvgIpc) is 3.25. The van der Waals surface area contributed by atoms with Gasteiger partial charge in [-0.1, -0.05) is 24.3 Å². The van der Waals surface area contributed by atoms with Gasteiger partial charge in [-0.3, -0.25) is 4.90 Å². The summed E-state index contributed by atoms with van der Waals surface area (Å²) in [6.45, 7) is 1.87. The predicted molar refractivity (Wildman–Crippen MR) is 116 cm³/mol. The first-order chi connectivity index (χ1) is 14.6. The van der Waals surface area contributed by atoms with Gasteiger partial charge in [-0.05, 0) is 35.9 Å². The molecule has 7 heteroatoms. The number of fused-ring (bicyclic) bond motifs is 1. The van der Waals surface area contributed by atoms with Crippen molar-refractivity contribution in [1.82, 2.24) is 9.88 Å². The van der Waals surface area contributed by atoms with Crippen LogP contribution in [0.25, 0.3) is 11.0 Å². The Morgan fingerprint density at radius 2 is 1.90 bits per heavy atom. The topological polar surface area (TPSA) is 75.8 Å². The molecule has 4 aromatic rings. The van der Waals surface area contributed by atoms with Crippen molar-refractivity contribution in [3.63, 3.8) is 0 Å². The van der Waals surface area contributed by atoms with Crippen LogP contribution < -0.4 is 10.4 Å². The van der Waals surface area contributed by atoms with Crippen LogP contribution >= 0.6 is 11.3 Å². The first-order valence-electron chi connectivity index (χ1n) is 9.56. The smallest absolute Gasteiger partial charge is 0.336 e. The highest BCUT2D eigenvalue weighted by molar-refractivity contribution is 7.09. The first-order valence-corrected chi connectivity index (χ1v) is 10.4. The van der Waals surface area contributed by atoms with Crippen molar-refractivity contribution in [2.75, 3.05) is 7.05 Å². The monoisotopic (exact) mass is 422 g/mol. The summed E-state index contributed by atoms with van der Waals surface area (Å²) in [5, 5.41) is 13.2. The van der Waals surface area contributed by atoms with Crippen molar-refractivity contribution in [3.05, 3.63) is 92.2 Å². The maximum absolute atomic E-state index is 11.6. The van der Waals surface area contributed by atoms with E-state index >= 15 is 0 Å². The van der Waals surface area contributed by atoms with Gasteiger partial charge in [-0.2, -0.15) is 0 Å². The molecule has 0 aliphatic rings. The van der Waals surface area contributed by atoms with Gasteiger partial charge in [-0.25, -0.2) is 9.78 Å². The number of aliphatic hydroxyl groups is 1. The number of nitrogens with zero attached hydrogens (tertiary/aromatic N) is 2. The fraction of sp³-hybridized carbons (Fsp3) is 0.217. The SMILES string of the molecule is CN(Cc1ccc(COc2ccc3c(CO)cc(=O)oc3c2)cc1)Cc1nccs1. The molecule has 0 unspecified atom stereocenters. The number of hydrogen-bond donors (Lipinski definition) is 1.